The fourth-order valence-electron chi connectivity index (χ4n) is 4.14. The first kappa shape index (κ1) is 12.9. The average Bonchev–Trinajstić information content (AvgIpc) is 2.76. The van der Waals surface area contributed by atoms with Crippen molar-refractivity contribution >= 4 is 5.69 Å². The Labute approximate surface area is 116 Å². The molecule has 2 fully saturated rings. The van der Waals surface area contributed by atoms with Gasteiger partial charge in [0.2, 0.25) is 0 Å². The van der Waals surface area contributed by atoms with Crippen LogP contribution in [-0.4, -0.2) is 35.2 Å². The summed E-state index contributed by atoms with van der Waals surface area (Å²) in [5, 5.41) is 0. The van der Waals surface area contributed by atoms with E-state index in [-0.39, 0.29) is 0 Å². The molecule has 1 aliphatic heterocycles. The van der Waals surface area contributed by atoms with E-state index >= 15 is 0 Å². The molecule has 0 spiro atoms. The third-order valence-electron chi connectivity index (χ3n) is 5.08. The molecule has 2 bridgehead atoms. The first-order chi connectivity index (χ1) is 8.99. The number of anilines is 1. The van der Waals surface area contributed by atoms with Crippen LogP contribution in [-0.2, 0) is 0 Å². The lowest BCUT2D eigenvalue weighted by Crippen LogP contribution is -2.56. The van der Waals surface area contributed by atoms with Crippen LogP contribution in [0, 0.1) is 20.8 Å². The number of fused-ring (bicyclic) bond motifs is 2. The lowest BCUT2D eigenvalue weighted by molar-refractivity contribution is 0.149. The van der Waals surface area contributed by atoms with Gasteiger partial charge in [0.1, 0.15) is 0 Å². The second-order valence-electron chi connectivity index (χ2n) is 6.34. The monoisotopic (exact) mass is 259 g/mol. The van der Waals surface area contributed by atoms with E-state index in [4.69, 9.17) is 4.98 Å². The number of pyridine rings is 1. The standard InChI is InChI=1S/C16H25N3/c1-10-8-11(2)17-12(3)16(10)19-13(4)18(5)14-6-7-15(19)9-14/h8,13-15H,6-7,9H2,1-5H3. The SMILES string of the molecule is Cc1cc(C)c(N2C3CCC(C3)N(C)C2C)c(C)n1. The second-order valence-corrected chi connectivity index (χ2v) is 6.34. The Morgan fingerprint density at radius 2 is 1.84 bits per heavy atom. The second kappa shape index (κ2) is 4.48. The van der Waals surface area contributed by atoms with Gasteiger partial charge in [-0.1, -0.05) is 0 Å². The third-order valence-corrected chi connectivity index (χ3v) is 5.08. The van der Waals surface area contributed by atoms with E-state index in [1.807, 2.05) is 0 Å². The molecule has 3 rings (SSSR count). The highest BCUT2D eigenvalue weighted by Gasteiger charge is 2.42. The summed E-state index contributed by atoms with van der Waals surface area (Å²) < 4.78 is 0. The highest BCUT2D eigenvalue weighted by atomic mass is 15.4. The summed E-state index contributed by atoms with van der Waals surface area (Å²) in [4.78, 5) is 9.86. The largest absolute Gasteiger partial charge is 0.351 e. The molecule has 0 N–H and O–H groups in total. The van der Waals surface area contributed by atoms with Crippen LogP contribution >= 0.6 is 0 Å². The molecule has 3 atom stereocenters. The first-order valence-electron chi connectivity index (χ1n) is 7.44. The minimum absolute atomic E-state index is 0.480. The van der Waals surface area contributed by atoms with E-state index in [0.717, 1.165) is 11.7 Å². The minimum Gasteiger partial charge on any atom is -0.351 e. The Morgan fingerprint density at radius 1 is 1.16 bits per heavy atom. The normalized spacial score (nSPS) is 31.0. The smallest absolute Gasteiger partial charge is 0.0795 e. The van der Waals surface area contributed by atoms with Crippen LogP contribution in [0.4, 0.5) is 5.69 Å². The maximum absolute atomic E-state index is 4.69. The number of aryl methyl sites for hydroxylation is 3. The number of aromatic nitrogens is 1. The number of hydrogen-bond acceptors (Lipinski definition) is 3. The van der Waals surface area contributed by atoms with Gasteiger partial charge in [-0.25, -0.2) is 0 Å². The summed E-state index contributed by atoms with van der Waals surface area (Å²) in [6, 6.07) is 3.71. The van der Waals surface area contributed by atoms with E-state index in [0.29, 0.717) is 12.2 Å². The van der Waals surface area contributed by atoms with Gasteiger partial charge in [-0.15, -0.1) is 0 Å². The number of rotatable bonds is 1. The quantitative estimate of drug-likeness (QED) is 0.773. The molecule has 1 aromatic rings. The highest BCUT2D eigenvalue weighted by molar-refractivity contribution is 5.59. The molecule has 0 amide bonds. The van der Waals surface area contributed by atoms with Crippen LogP contribution in [0.1, 0.15) is 43.1 Å². The maximum Gasteiger partial charge on any atom is 0.0795 e. The Balaban J connectivity index is 2.06. The summed E-state index contributed by atoms with van der Waals surface area (Å²) in [6.07, 6.45) is 4.46. The van der Waals surface area contributed by atoms with Gasteiger partial charge in [-0.2, -0.15) is 0 Å². The van der Waals surface area contributed by atoms with Gasteiger partial charge in [0.25, 0.3) is 0 Å². The molecule has 1 saturated heterocycles. The van der Waals surface area contributed by atoms with Gasteiger partial charge in [-0.3, -0.25) is 9.88 Å². The lowest BCUT2D eigenvalue weighted by Gasteiger charge is -2.47. The van der Waals surface area contributed by atoms with Crippen molar-refractivity contribution in [1.82, 2.24) is 9.88 Å². The molecular weight excluding hydrogens is 234 g/mol. The van der Waals surface area contributed by atoms with Gasteiger partial charge < -0.3 is 4.90 Å². The van der Waals surface area contributed by atoms with Gasteiger partial charge >= 0.3 is 0 Å². The predicted molar refractivity (Wildman–Crippen MR) is 79.6 cm³/mol. The Kier molecular flexibility index (Phi) is 3.05. The molecule has 2 heterocycles. The third kappa shape index (κ3) is 1.95. The molecule has 0 aromatic carbocycles. The van der Waals surface area contributed by atoms with Crippen LogP contribution < -0.4 is 4.90 Å². The molecule has 0 radical (unpaired) electrons. The molecule has 19 heavy (non-hydrogen) atoms. The predicted octanol–water partition coefficient (Wildman–Crippen LogP) is 3.03. The van der Waals surface area contributed by atoms with E-state index in [1.165, 1.54) is 36.2 Å². The van der Waals surface area contributed by atoms with Gasteiger partial charge in [0.15, 0.2) is 0 Å². The van der Waals surface area contributed by atoms with Crippen molar-refractivity contribution in [1.29, 1.82) is 0 Å². The molecule has 2 aliphatic rings. The van der Waals surface area contributed by atoms with Gasteiger partial charge in [0.05, 0.1) is 17.5 Å². The van der Waals surface area contributed by atoms with Gasteiger partial charge in [-0.05, 0) is 65.6 Å². The fraction of sp³-hybridized carbons (Fsp3) is 0.688. The molecule has 104 valence electrons. The van der Waals surface area contributed by atoms with Crippen molar-refractivity contribution in [3.63, 3.8) is 0 Å². The molecule has 1 aromatic heterocycles. The van der Waals surface area contributed by atoms with E-state index in [1.54, 1.807) is 0 Å². The first-order valence-corrected chi connectivity index (χ1v) is 7.44. The zero-order chi connectivity index (χ0) is 13.7. The zero-order valence-electron chi connectivity index (χ0n) is 12.8. The van der Waals surface area contributed by atoms with E-state index in [9.17, 15) is 0 Å². The minimum atomic E-state index is 0.480. The molecule has 1 aliphatic carbocycles. The van der Waals surface area contributed by atoms with Crippen molar-refractivity contribution in [3.05, 3.63) is 23.0 Å². The lowest BCUT2D eigenvalue weighted by atomic mass is 10.0. The summed E-state index contributed by atoms with van der Waals surface area (Å²) in [5.41, 5.74) is 5.05. The molecule has 3 unspecified atom stereocenters. The topological polar surface area (TPSA) is 19.4 Å². The summed E-state index contributed by atoms with van der Waals surface area (Å²) in [6.45, 7) is 8.80. The Hall–Kier alpha value is -1.09. The van der Waals surface area contributed by atoms with Crippen molar-refractivity contribution in [2.75, 3.05) is 11.9 Å². The van der Waals surface area contributed by atoms with E-state index < -0.39 is 0 Å². The van der Waals surface area contributed by atoms with Crippen molar-refractivity contribution in [2.45, 2.75) is 65.2 Å². The van der Waals surface area contributed by atoms with Crippen molar-refractivity contribution < 1.29 is 0 Å². The van der Waals surface area contributed by atoms with Crippen LogP contribution in [0.3, 0.4) is 0 Å². The van der Waals surface area contributed by atoms with Crippen LogP contribution in [0.2, 0.25) is 0 Å². The fourth-order valence-corrected chi connectivity index (χ4v) is 4.14. The van der Waals surface area contributed by atoms with Gasteiger partial charge in [0, 0.05) is 17.8 Å². The van der Waals surface area contributed by atoms with Crippen molar-refractivity contribution in [3.8, 4) is 0 Å². The highest BCUT2D eigenvalue weighted by Crippen LogP contribution is 2.40. The maximum atomic E-state index is 4.69. The molecular formula is C16H25N3. The zero-order valence-corrected chi connectivity index (χ0v) is 12.8. The summed E-state index contributed by atoms with van der Waals surface area (Å²) in [7, 11) is 2.27. The molecule has 1 saturated carbocycles. The summed E-state index contributed by atoms with van der Waals surface area (Å²) in [5.74, 6) is 0. The number of hydrogen-bond donors (Lipinski definition) is 0. The van der Waals surface area contributed by atoms with Crippen LogP contribution in [0.25, 0.3) is 0 Å². The Bertz CT molecular complexity index is 474. The summed E-state index contributed by atoms with van der Waals surface area (Å²) >= 11 is 0. The van der Waals surface area contributed by atoms with Crippen LogP contribution in [0.15, 0.2) is 6.07 Å². The molecule has 3 heteroatoms. The van der Waals surface area contributed by atoms with Crippen molar-refractivity contribution in [2.24, 2.45) is 0 Å². The number of nitrogens with zero attached hydrogens (tertiary/aromatic N) is 3. The van der Waals surface area contributed by atoms with E-state index in [2.05, 4.69) is 50.6 Å². The molecule has 3 nitrogen and oxygen atoms in total. The van der Waals surface area contributed by atoms with Crippen LogP contribution in [0.5, 0.6) is 0 Å². The average molecular weight is 259 g/mol. The Morgan fingerprint density at radius 3 is 2.53 bits per heavy atom.